The molecule has 0 bridgehead atoms. The first-order valence-electron chi connectivity index (χ1n) is 7.85. The van der Waals surface area contributed by atoms with Crippen molar-refractivity contribution in [1.29, 1.82) is 0 Å². The fraction of sp³-hybridized carbons (Fsp3) is 0.867. The van der Waals surface area contributed by atoms with Crippen molar-refractivity contribution in [2.75, 3.05) is 13.6 Å². The maximum absolute atomic E-state index is 12.6. The van der Waals surface area contributed by atoms with Crippen LogP contribution < -0.4 is 0 Å². The molecule has 2 rings (SSSR count). The van der Waals surface area contributed by atoms with Crippen molar-refractivity contribution in [2.45, 2.75) is 69.9 Å². The average molecular weight is 282 g/mol. The fourth-order valence-electron chi connectivity index (χ4n) is 3.49. The van der Waals surface area contributed by atoms with Gasteiger partial charge >= 0.3 is 12.0 Å². The number of hydrogen-bond donors (Lipinski definition) is 1. The monoisotopic (exact) mass is 282 g/mol. The summed E-state index contributed by atoms with van der Waals surface area (Å²) in [6.07, 6.45) is 8.45. The SMILES string of the molecule is CN(C(=O)N1CCCCC1CCC(=O)O)C1CCCC1. The number of nitrogens with zero attached hydrogens (tertiary/aromatic N) is 2. The molecule has 5 heteroatoms. The van der Waals surface area contributed by atoms with E-state index in [-0.39, 0.29) is 18.5 Å². The third kappa shape index (κ3) is 3.64. The molecule has 2 aliphatic rings. The number of urea groups is 1. The van der Waals surface area contributed by atoms with Crippen molar-refractivity contribution in [3.63, 3.8) is 0 Å². The molecule has 1 heterocycles. The van der Waals surface area contributed by atoms with Crippen molar-refractivity contribution >= 4 is 12.0 Å². The Hall–Kier alpha value is -1.26. The van der Waals surface area contributed by atoms with Crippen molar-refractivity contribution in [3.8, 4) is 0 Å². The first-order chi connectivity index (χ1) is 9.59. The standard InChI is InChI=1S/C15H26N2O3/c1-16(12-6-2-3-7-12)15(20)17-11-5-4-8-13(17)9-10-14(18)19/h12-13H,2-11H2,1H3,(H,18,19). The number of carboxylic acid groups (broad SMARTS) is 1. The smallest absolute Gasteiger partial charge is 0.320 e. The summed E-state index contributed by atoms with van der Waals surface area (Å²) in [7, 11) is 1.90. The van der Waals surface area contributed by atoms with Gasteiger partial charge in [-0.15, -0.1) is 0 Å². The zero-order valence-electron chi connectivity index (χ0n) is 12.4. The van der Waals surface area contributed by atoms with Crippen LogP contribution in [0.3, 0.4) is 0 Å². The number of carbonyl (C=O) groups excluding carboxylic acids is 1. The predicted molar refractivity (Wildman–Crippen MR) is 76.6 cm³/mol. The highest BCUT2D eigenvalue weighted by atomic mass is 16.4. The second-order valence-corrected chi connectivity index (χ2v) is 6.11. The van der Waals surface area contributed by atoms with Crippen LogP contribution in [0.1, 0.15) is 57.8 Å². The molecule has 1 saturated carbocycles. The number of carboxylic acids is 1. The van der Waals surface area contributed by atoms with E-state index in [9.17, 15) is 9.59 Å². The van der Waals surface area contributed by atoms with Crippen LogP contribution in [0.25, 0.3) is 0 Å². The maximum Gasteiger partial charge on any atom is 0.320 e. The summed E-state index contributed by atoms with van der Waals surface area (Å²) in [6.45, 7) is 0.778. The average Bonchev–Trinajstić information content (AvgIpc) is 2.98. The van der Waals surface area contributed by atoms with Crippen LogP contribution in [0, 0.1) is 0 Å². The molecule has 2 amide bonds. The predicted octanol–water partition coefficient (Wildman–Crippen LogP) is 2.70. The summed E-state index contributed by atoms with van der Waals surface area (Å²) in [5.41, 5.74) is 0. The van der Waals surface area contributed by atoms with Gasteiger partial charge in [-0.3, -0.25) is 4.79 Å². The van der Waals surface area contributed by atoms with Crippen LogP contribution in [-0.2, 0) is 4.79 Å². The summed E-state index contributed by atoms with van der Waals surface area (Å²) in [6, 6.07) is 0.591. The third-order valence-corrected chi connectivity index (χ3v) is 4.74. The Bertz CT molecular complexity index is 353. The molecular weight excluding hydrogens is 256 g/mol. The van der Waals surface area contributed by atoms with Gasteiger partial charge in [0.15, 0.2) is 0 Å². The highest BCUT2D eigenvalue weighted by Crippen LogP contribution is 2.26. The van der Waals surface area contributed by atoms with Gasteiger partial charge in [0.1, 0.15) is 0 Å². The van der Waals surface area contributed by atoms with Crippen LogP contribution >= 0.6 is 0 Å². The number of likely N-dealkylation sites (tertiary alicyclic amines) is 1. The second-order valence-electron chi connectivity index (χ2n) is 6.11. The second kappa shape index (κ2) is 6.95. The number of hydrogen-bond acceptors (Lipinski definition) is 2. The Labute approximate surface area is 120 Å². The molecule has 1 aliphatic heterocycles. The van der Waals surface area contributed by atoms with Gasteiger partial charge in [0.25, 0.3) is 0 Å². The molecular formula is C15H26N2O3. The minimum Gasteiger partial charge on any atom is -0.481 e. The quantitative estimate of drug-likeness (QED) is 0.862. The first-order valence-corrected chi connectivity index (χ1v) is 7.85. The lowest BCUT2D eigenvalue weighted by Crippen LogP contribution is -2.51. The molecule has 5 nitrogen and oxygen atoms in total. The van der Waals surface area contributed by atoms with Gasteiger partial charge in [0.2, 0.25) is 0 Å². The summed E-state index contributed by atoms with van der Waals surface area (Å²) in [5, 5.41) is 8.84. The van der Waals surface area contributed by atoms with Crippen molar-refractivity contribution < 1.29 is 14.7 Å². The molecule has 2 fully saturated rings. The number of rotatable bonds is 4. The number of amides is 2. The van der Waals surface area contributed by atoms with Gasteiger partial charge in [-0.2, -0.15) is 0 Å². The van der Waals surface area contributed by atoms with Crippen LogP contribution in [0.4, 0.5) is 4.79 Å². The minimum absolute atomic E-state index is 0.104. The van der Waals surface area contributed by atoms with E-state index in [4.69, 9.17) is 5.11 Å². The molecule has 0 radical (unpaired) electrons. The molecule has 0 spiro atoms. The molecule has 114 valence electrons. The Kier molecular flexibility index (Phi) is 5.26. The summed E-state index contributed by atoms with van der Waals surface area (Å²) in [5.74, 6) is -0.771. The van der Waals surface area contributed by atoms with E-state index < -0.39 is 5.97 Å². The minimum atomic E-state index is -0.771. The van der Waals surface area contributed by atoms with Gasteiger partial charge in [0.05, 0.1) is 0 Å². The largest absolute Gasteiger partial charge is 0.481 e. The van der Waals surface area contributed by atoms with E-state index in [1.807, 2.05) is 16.8 Å². The molecule has 1 atom stereocenters. The third-order valence-electron chi connectivity index (χ3n) is 4.74. The zero-order chi connectivity index (χ0) is 14.5. The highest BCUT2D eigenvalue weighted by molar-refractivity contribution is 5.75. The maximum atomic E-state index is 12.6. The highest BCUT2D eigenvalue weighted by Gasteiger charge is 2.32. The molecule has 0 aromatic rings. The lowest BCUT2D eigenvalue weighted by molar-refractivity contribution is -0.137. The Morgan fingerprint density at radius 3 is 2.45 bits per heavy atom. The van der Waals surface area contributed by atoms with Crippen molar-refractivity contribution in [2.24, 2.45) is 0 Å². The van der Waals surface area contributed by atoms with Crippen molar-refractivity contribution in [1.82, 2.24) is 9.80 Å². The fourth-order valence-corrected chi connectivity index (χ4v) is 3.49. The number of piperidine rings is 1. The topological polar surface area (TPSA) is 60.9 Å². The van der Waals surface area contributed by atoms with E-state index >= 15 is 0 Å². The molecule has 20 heavy (non-hydrogen) atoms. The van der Waals surface area contributed by atoms with Gasteiger partial charge in [-0.25, -0.2) is 4.79 Å². The summed E-state index contributed by atoms with van der Waals surface area (Å²) in [4.78, 5) is 27.2. The molecule has 0 aromatic carbocycles. The normalized spacial score (nSPS) is 23.9. The Morgan fingerprint density at radius 1 is 1.15 bits per heavy atom. The van der Waals surface area contributed by atoms with Crippen LogP contribution in [0.2, 0.25) is 0 Å². The molecule has 1 unspecified atom stereocenters. The molecule has 1 N–H and O–H groups in total. The van der Waals surface area contributed by atoms with Crippen molar-refractivity contribution in [3.05, 3.63) is 0 Å². The van der Waals surface area contributed by atoms with Crippen LogP contribution in [0.5, 0.6) is 0 Å². The van der Waals surface area contributed by atoms with E-state index in [1.54, 1.807) is 0 Å². The zero-order valence-corrected chi connectivity index (χ0v) is 12.4. The van der Waals surface area contributed by atoms with Crippen LogP contribution in [0.15, 0.2) is 0 Å². The number of aliphatic carboxylic acids is 1. The van der Waals surface area contributed by atoms with E-state index in [0.29, 0.717) is 12.5 Å². The summed E-state index contributed by atoms with van der Waals surface area (Å²) >= 11 is 0. The Balaban J connectivity index is 1.95. The lowest BCUT2D eigenvalue weighted by Gasteiger charge is -2.39. The van der Waals surface area contributed by atoms with Gasteiger partial charge in [-0.1, -0.05) is 12.8 Å². The summed E-state index contributed by atoms with van der Waals surface area (Å²) < 4.78 is 0. The van der Waals surface area contributed by atoms with E-state index in [2.05, 4.69) is 0 Å². The van der Waals surface area contributed by atoms with Gasteiger partial charge in [0, 0.05) is 32.1 Å². The molecule has 1 aliphatic carbocycles. The number of carbonyl (C=O) groups is 2. The van der Waals surface area contributed by atoms with E-state index in [0.717, 1.165) is 38.6 Å². The van der Waals surface area contributed by atoms with Crippen LogP contribution in [-0.4, -0.2) is 52.6 Å². The molecule has 0 aromatic heterocycles. The van der Waals surface area contributed by atoms with Gasteiger partial charge < -0.3 is 14.9 Å². The Morgan fingerprint density at radius 2 is 1.80 bits per heavy atom. The molecule has 1 saturated heterocycles. The van der Waals surface area contributed by atoms with E-state index in [1.165, 1.54) is 12.8 Å². The first kappa shape index (κ1) is 15.1. The lowest BCUT2D eigenvalue weighted by atomic mass is 9.98. The van der Waals surface area contributed by atoms with Gasteiger partial charge in [-0.05, 0) is 38.5 Å².